The summed E-state index contributed by atoms with van der Waals surface area (Å²) in [6.07, 6.45) is 0.920. The molecular formula is C26H24F4N6O4. The standard InChI is InChI=1S/C26H24F4N6O4/c1-36-10-18(26(28,29)30)34-23(36)19-15(27)7-13(8-16(19)37-2)11-40-24-17(38-3)9-31-22(35-24)20-21(14-5-6-14)32-12-33-25(20)39-4/h7-10,12,14H,5-6,11H2,1-4H3. The van der Waals surface area contributed by atoms with Gasteiger partial charge in [-0.05, 0) is 30.5 Å². The van der Waals surface area contributed by atoms with Gasteiger partial charge in [0.25, 0.3) is 5.88 Å². The predicted molar refractivity (Wildman–Crippen MR) is 133 cm³/mol. The van der Waals surface area contributed by atoms with Gasteiger partial charge in [-0.3, -0.25) is 0 Å². The van der Waals surface area contributed by atoms with E-state index in [1.54, 1.807) is 0 Å². The fraction of sp³-hybridized carbons (Fsp3) is 0.346. The number of ether oxygens (including phenoxy) is 4. The number of aryl methyl sites for hydroxylation is 1. The van der Waals surface area contributed by atoms with Crippen molar-refractivity contribution >= 4 is 0 Å². The molecule has 3 aromatic heterocycles. The van der Waals surface area contributed by atoms with Crippen molar-refractivity contribution < 1.29 is 36.5 Å². The molecule has 1 fully saturated rings. The number of methoxy groups -OCH3 is 3. The highest BCUT2D eigenvalue weighted by Crippen LogP contribution is 2.45. The van der Waals surface area contributed by atoms with Crippen molar-refractivity contribution in [2.75, 3.05) is 21.3 Å². The van der Waals surface area contributed by atoms with Crippen LogP contribution in [0, 0.1) is 5.82 Å². The minimum atomic E-state index is -4.68. The number of alkyl halides is 3. The molecule has 0 amide bonds. The van der Waals surface area contributed by atoms with Crippen molar-refractivity contribution in [1.29, 1.82) is 0 Å². The Hall–Kier alpha value is -4.49. The Labute approximate surface area is 226 Å². The van der Waals surface area contributed by atoms with Crippen molar-refractivity contribution in [3.8, 4) is 46.0 Å². The van der Waals surface area contributed by atoms with E-state index in [9.17, 15) is 13.2 Å². The van der Waals surface area contributed by atoms with E-state index in [4.69, 9.17) is 18.9 Å². The Bertz CT molecular complexity index is 1560. The molecule has 14 heteroatoms. The molecule has 10 nitrogen and oxygen atoms in total. The third kappa shape index (κ3) is 5.20. The molecule has 5 rings (SSSR count). The van der Waals surface area contributed by atoms with Crippen LogP contribution in [0.3, 0.4) is 0 Å². The monoisotopic (exact) mass is 560 g/mol. The molecule has 0 aliphatic heterocycles. The Balaban J connectivity index is 1.46. The van der Waals surface area contributed by atoms with Crippen LogP contribution in [-0.4, -0.2) is 50.8 Å². The van der Waals surface area contributed by atoms with Crippen molar-refractivity contribution in [1.82, 2.24) is 29.5 Å². The second-order valence-electron chi connectivity index (χ2n) is 8.99. The molecule has 1 aliphatic carbocycles. The Morgan fingerprint density at radius 1 is 0.925 bits per heavy atom. The SMILES string of the molecule is COc1cnc(-c2c(OC)ncnc2C2CC2)nc1OCc1cc(F)c(-c2nc(C(F)(F)F)cn2C)c(OC)c1. The second kappa shape index (κ2) is 10.6. The van der Waals surface area contributed by atoms with Crippen LogP contribution in [0.2, 0.25) is 0 Å². The van der Waals surface area contributed by atoms with Crippen molar-refractivity contribution in [2.45, 2.75) is 31.5 Å². The molecular weight excluding hydrogens is 536 g/mol. The molecule has 1 aromatic carbocycles. The molecule has 1 saturated carbocycles. The highest BCUT2D eigenvalue weighted by molar-refractivity contribution is 5.67. The Kier molecular flexibility index (Phi) is 7.17. The van der Waals surface area contributed by atoms with Gasteiger partial charge in [0, 0.05) is 19.2 Å². The molecule has 0 bridgehead atoms. The summed E-state index contributed by atoms with van der Waals surface area (Å²) in [5.41, 5.74) is 0.286. The number of hydrogen-bond acceptors (Lipinski definition) is 9. The Morgan fingerprint density at radius 3 is 2.30 bits per heavy atom. The lowest BCUT2D eigenvalue weighted by Crippen LogP contribution is -2.06. The zero-order chi connectivity index (χ0) is 28.6. The van der Waals surface area contributed by atoms with Crippen molar-refractivity contribution in [3.63, 3.8) is 0 Å². The zero-order valence-corrected chi connectivity index (χ0v) is 21.9. The molecule has 0 unspecified atom stereocenters. The second-order valence-corrected chi connectivity index (χ2v) is 8.99. The van der Waals surface area contributed by atoms with Gasteiger partial charge in [-0.15, -0.1) is 0 Å². The minimum absolute atomic E-state index is 0.0170. The van der Waals surface area contributed by atoms with Gasteiger partial charge in [-0.2, -0.15) is 18.2 Å². The number of rotatable bonds is 9. The molecule has 40 heavy (non-hydrogen) atoms. The van der Waals surface area contributed by atoms with E-state index in [0.29, 0.717) is 17.0 Å². The smallest absolute Gasteiger partial charge is 0.434 e. The van der Waals surface area contributed by atoms with Gasteiger partial charge >= 0.3 is 6.18 Å². The van der Waals surface area contributed by atoms with Crippen LogP contribution >= 0.6 is 0 Å². The Morgan fingerprint density at radius 2 is 1.68 bits per heavy atom. The first-order chi connectivity index (χ1) is 19.1. The first kappa shape index (κ1) is 27.1. The van der Waals surface area contributed by atoms with E-state index in [2.05, 4.69) is 24.9 Å². The van der Waals surface area contributed by atoms with Gasteiger partial charge in [0.2, 0.25) is 5.88 Å². The van der Waals surface area contributed by atoms with E-state index in [-0.39, 0.29) is 47.1 Å². The largest absolute Gasteiger partial charge is 0.496 e. The molecule has 210 valence electrons. The summed E-state index contributed by atoms with van der Waals surface area (Å²) in [7, 11) is 5.54. The first-order valence-electron chi connectivity index (χ1n) is 12.0. The van der Waals surface area contributed by atoms with Gasteiger partial charge in [-0.25, -0.2) is 24.3 Å². The summed E-state index contributed by atoms with van der Waals surface area (Å²) in [5, 5.41) is 0. The van der Waals surface area contributed by atoms with Crippen LogP contribution in [-0.2, 0) is 19.8 Å². The van der Waals surface area contributed by atoms with Crippen LogP contribution in [0.15, 0.2) is 30.9 Å². The number of nitrogens with zero attached hydrogens (tertiary/aromatic N) is 6. The van der Waals surface area contributed by atoms with E-state index < -0.39 is 17.7 Å². The molecule has 0 spiro atoms. The fourth-order valence-electron chi connectivity index (χ4n) is 4.22. The maximum Gasteiger partial charge on any atom is 0.434 e. The van der Waals surface area contributed by atoms with E-state index >= 15 is 4.39 Å². The number of benzene rings is 1. The van der Waals surface area contributed by atoms with Gasteiger partial charge in [-0.1, -0.05) is 0 Å². The molecule has 4 aromatic rings. The third-order valence-electron chi connectivity index (χ3n) is 6.26. The summed E-state index contributed by atoms with van der Waals surface area (Å²) in [6, 6.07) is 2.59. The van der Waals surface area contributed by atoms with Gasteiger partial charge in [0.1, 0.15) is 35.9 Å². The lowest BCUT2D eigenvalue weighted by atomic mass is 10.1. The predicted octanol–water partition coefficient (Wildman–Crippen LogP) is 4.97. The molecule has 1 aliphatic rings. The van der Waals surface area contributed by atoms with Crippen molar-refractivity contribution in [3.05, 3.63) is 53.6 Å². The maximum atomic E-state index is 15.3. The first-order valence-corrected chi connectivity index (χ1v) is 12.0. The summed E-state index contributed by atoms with van der Waals surface area (Å²) in [5.74, 6) is 0.0471. The lowest BCUT2D eigenvalue weighted by Gasteiger charge is -2.15. The van der Waals surface area contributed by atoms with Crippen LogP contribution in [0.25, 0.3) is 22.8 Å². The van der Waals surface area contributed by atoms with Crippen LogP contribution in [0.5, 0.6) is 23.3 Å². The molecule has 0 atom stereocenters. The van der Waals surface area contributed by atoms with Gasteiger partial charge in [0.05, 0.1) is 38.8 Å². The number of halogens is 4. The summed E-state index contributed by atoms with van der Waals surface area (Å²) < 4.78 is 77.8. The van der Waals surface area contributed by atoms with Crippen LogP contribution in [0.1, 0.15) is 35.7 Å². The molecule has 0 N–H and O–H groups in total. The highest BCUT2D eigenvalue weighted by atomic mass is 19.4. The highest BCUT2D eigenvalue weighted by Gasteiger charge is 2.35. The third-order valence-corrected chi connectivity index (χ3v) is 6.26. The summed E-state index contributed by atoms with van der Waals surface area (Å²) >= 11 is 0. The van der Waals surface area contributed by atoms with Crippen molar-refractivity contribution in [2.24, 2.45) is 7.05 Å². The zero-order valence-electron chi connectivity index (χ0n) is 21.9. The molecule has 0 saturated heterocycles. The number of hydrogen-bond donors (Lipinski definition) is 0. The molecule has 3 heterocycles. The van der Waals surface area contributed by atoms with E-state index in [0.717, 1.165) is 35.4 Å². The summed E-state index contributed by atoms with van der Waals surface area (Å²) in [4.78, 5) is 21.1. The minimum Gasteiger partial charge on any atom is -0.496 e. The lowest BCUT2D eigenvalue weighted by molar-refractivity contribution is -0.140. The summed E-state index contributed by atoms with van der Waals surface area (Å²) in [6.45, 7) is -0.174. The van der Waals surface area contributed by atoms with Crippen LogP contribution < -0.4 is 18.9 Å². The quantitative estimate of drug-likeness (QED) is 0.262. The van der Waals surface area contributed by atoms with Gasteiger partial charge in [0.15, 0.2) is 17.3 Å². The van der Waals surface area contributed by atoms with E-state index in [1.165, 1.54) is 47.0 Å². The average Bonchev–Trinajstić information content (AvgIpc) is 3.71. The maximum absolute atomic E-state index is 15.3. The topological polar surface area (TPSA) is 106 Å². The fourth-order valence-corrected chi connectivity index (χ4v) is 4.22. The molecule has 0 radical (unpaired) electrons. The van der Waals surface area contributed by atoms with E-state index in [1.807, 2.05) is 0 Å². The number of imidazole rings is 1. The van der Waals surface area contributed by atoms with Gasteiger partial charge < -0.3 is 23.5 Å². The normalized spacial score (nSPS) is 13.3. The number of aromatic nitrogens is 6. The van der Waals surface area contributed by atoms with Crippen LogP contribution in [0.4, 0.5) is 17.6 Å². The average molecular weight is 561 g/mol.